The number of aliphatic hydroxyl groups excluding tert-OH is 2. The van der Waals surface area contributed by atoms with Crippen LogP contribution in [0.3, 0.4) is 0 Å². The number of hydrogen-bond acceptors (Lipinski definition) is 4. The first-order valence-electron chi connectivity index (χ1n) is 2.28. The second kappa shape index (κ2) is 50.5. The van der Waals surface area contributed by atoms with Gasteiger partial charge in [0, 0.05) is 0 Å². The van der Waals surface area contributed by atoms with Crippen molar-refractivity contribution < 1.29 is 116 Å². The van der Waals surface area contributed by atoms with Crippen molar-refractivity contribution in [3.05, 3.63) is 0 Å². The summed E-state index contributed by atoms with van der Waals surface area (Å²) in [5.41, 5.74) is 0. The summed E-state index contributed by atoms with van der Waals surface area (Å²) >= 11 is 0. The maximum atomic E-state index is 9.77. The zero-order chi connectivity index (χ0) is 8.31. The van der Waals surface area contributed by atoms with Crippen LogP contribution in [-0.4, -0.2) is 99.3 Å². The fourth-order valence-corrected chi connectivity index (χ4v) is 0.270. The summed E-state index contributed by atoms with van der Waals surface area (Å²) in [7, 11) is 0. The Morgan fingerprint density at radius 2 is 0.667 bits per heavy atom. The molecule has 140 valence electrons. The first-order chi connectivity index (χ1) is 4.46. The smallest absolute Gasteiger partial charge is 1.00 e. The molecule has 2 unspecified atom stereocenters. The SMILES string of the molecule is O.O.O.O.O.O.O.O.O.O.O=C(O)C(O)C(O)C(=O)O.[H-].[Na+]. The molecule has 2 atom stereocenters. The molecule has 0 aliphatic heterocycles. The molecular weight excluding hydrogens is 327 g/mol. The maximum Gasteiger partial charge on any atom is 1.00 e. The molecule has 21 heavy (non-hydrogen) atoms. The van der Waals surface area contributed by atoms with E-state index in [0.717, 1.165) is 0 Å². The van der Waals surface area contributed by atoms with Gasteiger partial charge in [-0.2, -0.15) is 0 Å². The molecule has 0 aromatic rings. The first-order valence-corrected chi connectivity index (χ1v) is 2.28. The average Bonchev–Trinajstić information content (AvgIpc) is 1.84. The van der Waals surface area contributed by atoms with E-state index in [0.29, 0.717) is 0 Å². The van der Waals surface area contributed by atoms with Crippen molar-refractivity contribution >= 4 is 11.9 Å². The number of carbonyl (C=O) groups is 2. The van der Waals surface area contributed by atoms with Crippen LogP contribution in [0, 0.1) is 0 Å². The molecule has 17 heteroatoms. The molecule has 24 N–H and O–H groups in total. The monoisotopic (exact) mass is 354 g/mol. The van der Waals surface area contributed by atoms with Gasteiger partial charge in [-0.05, 0) is 0 Å². The second-order valence-electron chi connectivity index (χ2n) is 1.57. The normalized spacial score (nSPS) is 7.52. The van der Waals surface area contributed by atoms with Gasteiger partial charge in [0.25, 0.3) is 0 Å². The number of carboxylic acids is 2. The minimum atomic E-state index is -2.27. The fourth-order valence-electron chi connectivity index (χ4n) is 0.270. The Morgan fingerprint density at radius 1 is 0.571 bits per heavy atom. The Labute approximate surface area is 140 Å². The molecular formula is C4H27NaO16. The number of rotatable bonds is 3. The Hall–Kier alpha value is -0.540. The van der Waals surface area contributed by atoms with Gasteiger partial charge < -0.3 is 76.6 Å². The zero-order valence-corrected chi connectivity index (χ0v) is 12.8. The summed E-state index contributed by atoms with van der Waals surface area (Å²) in [5, 5.41) is 32.5. The predicted octanol–water partition coefficient (Wildman–Crippen LogP) is -13.3. The van der Waals surface area contributed by atoms with Crippen molar-refractivity contribution in [2.45, 2.75) is 12.2 Å². The Balaban J connectivity index is -0.00000000614. The Kier molecular flexibility index (Phi) is 260. The van der Waals surface area contributed by atoms with Gasteiger partial charge in [0.1, 0.15) is 0 Å². The second-order valence-corrected chi connectivity index (χ2v) is 1.57. The van der Waals surface area contributed by atoms with Crippen molar-refractivity contribution in [2.24, 2.45) is 0 Å². The van der Waals surface area contributed by atoms with Crippen LogP contribution < -0.4 is 29.6 Å². The Morgan fingerprint density at radius 3 is 0.714 bits per heavy atom. The number of carboxylic acid groups (broad SMARTS) is 2. The van der Waals surface area contributed by atoms with Gasteiger partial charge in [-0.1, -0.05) is 0 Å². The predicted molar refractivity (Wildman–Crippen MR) is 64.5 cm³/mol. The van der Waals surface area contributed by atoms with E-state index < -0.39 is 24.1 Å². The largest absolute Gasteiger partial charge is 1.00 e. The minimum Gasteiger partial charge on any atom is -1.00 e. The zero-order valence-electron chi connectivity index (χ0n) is 11.8. The molecule has 0 saturated carbocycles. The van der Waals surface area contributed by atoms with E-state index in [9.17, 15) is 9.59 Å². The van der Waals surface area contributed by atoms with Gasteiger partial charge in [0.2, 0.25) is 0 Å². The van der Waals surface area contributed by atoms with Crippen LogP contribution in [0.15, 0.2) is 0 Å². The fraction of sp³-hybridized carbons (Fsp3) is 0.500. The van der Waals surface area contributed by atoms with Crippen LogP contribution >= 0.6 is 0 Å². The van der Waals surface area contributed by atoms with Crippen molar-refractivity contribution in [3.8, 4) is 0 Å². The summed E-state index contributed by atoms with van der Waals surface area (Å²) in [5.74, 6) is -3.54. The van der Waals surface area contributed by atoms with Gasteiger partial charge in [0.05, 0.1) is 0 Å². The van der Waals surface area contributed by atoms with Crippen LogP contribution in [-0.2, 0) is 9.59 Å². The van der Waals surface area contributed by atoms with E-state index >= 15 is 0 Å². The van der Waals surface area contributed by atoms with E-state index in [1.807, 2.05) is 0 Å². The number of hydrogen-bond donors (Lipinski definition) is 4. The molecule has 0 saturated heterocycles. The summed E-state index contributed by atoms with van der Waals surface area (Å²) in [6, 6.07) is 0. The van der Waals surface area contributed by atoms with Crippen LogP contribution in [0.25, 0.3) is 0 Å². The van der Waals surface area contributed by atoms with Gasteiger partial charge in [-0.15, -0.1) is 0 Å². The summed E-state index contributed by atoms with van der Waals surface area (Å²) < 4.78 is 0. The number of aliphatic carboxylic acids is 2. The van der Waals surface area contributed by atoms with Crippen LogP contribution in [0.2, 0.25) is 0 Å². The molecule has 0 rings (SSSR count). The molecule has 0 aromatic carbocycles. The van der Waals surface area contributed by atoms with E-state index in [1.165, 1.54) is 0 Å². The van der Waals surface area contributed by atoms with E-state index in [-0.39, 0.29) is 85.7 Å². The first kappa shape index (κ1) is 108. The van der Waals surface area contributed by atoms with E-state index in [1.54, 1.807) is 0 Å². The third kappa shape index (κ3) is 45.2. The van der Waals surface area contributed by atoms with Crippen LogP contribution in [0.4, 0.5) is 0 Å². The molecule has 0 fully saturated rings. The molecule has 0 amide bonds. The molecule has 0 aliphatic carbocycles. The quantitative estimate of drug-likeness (QED) is 0.355. The number of aliphatic hydroxyl groups is 2. The minimum absolute atomic E-state index is 0. The summed E-state index contributed by atoms with van der Waals surface area (Å²) in [6.45, 7) is 0. The Bertz CT molecular complexity index is 150. The van der Waals surface area contributed by atoms with Gasteiger partial charge in [-0.3, -0.25) is 0 Å². The summed E-state index contributed by atoms with van der Waals surface area (Å²) in [4.78, 5) is 19.5. The van der Waals surface area contributed by atoms with Gasteiger partial charge >= 0.3 is 41.5 Å². The standard InChI is InChI=1S/C4H6O6.Na.10H2O.H/c5-1(3(7)8)2(6)4(9)10;;;;;;;;;;;;/h1-2,5-6H,(H,7,8)(H,9,10);;10*1H2;/q;+1;;;;;;;;;;;-1. The third-order valence-electron chi connectivity index (χ3n) is 0.805. The third-order valence-corrected chi connectivity index (χ3v) is 0.805. The van der Waals surface area contributed by atoms with Crippen molar-refractivity contribution in [2.75, 3.05) is 0 Å². The molecule has 0 spiro atoms. The van der Waals surface area contributed by atoms with Gasteiger partial charge in [0.15, 0.2) is 12.2 Å². The molecule has 0 radical (unpaired) electrons. The van der Waals surface area contributed by atoms with Crippen molar-refractivity contribution in [1.82, 2.24) is 0 Å². The average molecular weight is 354 g/mol. The summed E-state index contributed by atoms with van der Waals surface area (Å²) in [6.07, 6.45) is -4.53. The molecule has 0 heterocycles. The molecule has 0 bridgehead atoms. The van der Waals surface area contributed by atoms with Gasteiger partial charge in [-0.25, -0.2) is 9.59 Å². The molecule has 0 aromatic heterocycles. The maximum absolute atomic E-state index is 9.77. The molecule has 0 aliphatic rings. The topological polar surface area (TPSA) is 430 Å². The van der Waals surface area contributed by atoms with Crippen molar-refractivity contribution in [3.63, 3.8) is 0 Å². The molecule has 16 nitrogen and oxygen atoms in total. The van der Waals surface area contributed by atoms with Crippen LogP contribution in [0.5, 0.6) is 0 Å². The van der Waals surface area contributed by atoms with E-state index in [4.69, 9.17) is 20.4 Å². The van der Waals surface area contributed by atoms with E-state index in [2.05, 4.69) is 0 Å². The van der Waals surface area contributed by atoms with Crippen LogP contribution in [0.1, 0.15) is 1.43 Å². The van der Waals surface area contributed by atoms with Crippen molar-refractivity contribution in [1.29, 1.82) is 0 Å².